The lowest BCUT2D eigenvalue weighted by molar-refractivity contribution is -0.143. The highest BCUT2D eigenvalue weighted by atomic mass is 35.5. The van der Waals surface area contributed by atoms with E-state index < -0.39 is 6.10 Å². The molecule has 1 atom stereocenters. The third-order valence-electron chi connectivity index (χ3n) is 4.43. The normalized spacial score (nSPS) is 16.8. The van der Waals surface area contributed by atoms with Gasteiger partial charge >= 0.3 is 0 Å². The Hall–Kier alpha value is -1.98. The molecule has 3 rings (SSSR count). The largest absolute Gasteiger partial charge is 0.367 e. The van der Waals surface area contributed by atoms with Gasteiger partial charge in [-0.1, -0.05) is 30.3 Å². The quantitative estimate of drug-likeness (QED) is 0.798. The number of carbonyl (C=O) groups excluding carboxylic acids is 1. The molecule has 0 saturated carbocycles. The molecule has 1 fully saturated rings. The lowest BCUT2D eigenvalue weighted by atomic mass is 9.93. The van der Waals surface area contributed by atoms with Gasteiger partial charge in [-0.25, -0.2) is 9.97 Å². The van der Waals surface area contributed by atoms with Crippen molar-refractivity contribution in [3.05, 3.63) is 59.1 Å². The fourth-order valence-electron chi connectivity index (χ4n) is 3.14. The molecule has 5 nitrogen and oxygen atoms in total. The summed E-state index contributed by atoms with van der Waals surface area (Å²) >= 11 is 5.87. The van der Waals surface area contributed by atoms with Crippen molar-refractivity contribution in [3.63, 3.8) is 0 Å². The Morgan fingerprint density at radius 3 is 2.58 bits per heavy atom. The number of piperidine rings is 1. The lowest BCUT2D eigenvalue weighted by Gasteiger charge is -2.33. The molecule has 0 unspecified atom stereocenters. The molecule has 1 aromatic carbocycles. The zero-order valence-corrected chi connectivity index (χ0v) is 14.3. The van der Waals surface area contributed by atoms with Crippen LogP contribution < -0.4 is 0 Å². The van der Waals surface area contributed by atoms with Gasteiger partial charge in [0.2, 0.25) is 5.28 Å². The number of ether oxygens (including phenoxy) is 1. The third-order valence-corrected chi connectivity index (χ3v) is 4.62. The second-order valence-corrected chi connectivity index (χ2v) is 6.21. The Bertz CT molecular complexity index is 688. The minimum Gasteiger partial charge on any atom is -0.367 e. The molecule has 6 heteroatoms. The third kappa shape index (κ3) is 3.74. The topological polar surface area (TPSA) is 55.3 Å². The summed E-state index contributed by atoms with van der Waals surface area (Å²) in [4.78, 5) is 22.9. The Kier molecular flexibility index (Phi) is 5.43. The Balaban J connectivity index is 1.64. The lowest BCUT2D eigenvalue weighted by Crippen LogP contribution is -2.41. The number of carbonyl (C=O) groups is 1. The van der Waals surface area contributed by atoms with Crippen LogP contribution in [0.5, 0.6) is 0 Å². The monoisotopic (exact) mass is 345 g/mol. The first kappa shape index (κ1) is 16.9. The van der Waals surface area contributed by atoms with E-state index in [1.807, 2.05) is 41.3 Å². The van der Waals surface area contributed by atoms with Gasteiger partial charge in [0.1, 0.15) is 0 Å². The minimum atomic E-state index is -0.545. The number of aromatic nitrogens is 2. The maximum absolute atomic E-state index is 12.8. The van der Waals surface area contributed by atoms with Crippen LogP contribution in [-0.4, -0.2) is 41.0 Å². The highest BCUT2D eigenvalue weighted by Gasteiger charge is 2.30. The standard InChI is InChI=1S/C18H20ClN3O2/c1-24-16(14-5-3-2-4-6-14)17(23)22-11-8-13(9-12-22)15-7-10-20-18(19)21-15/h2-7,10,13,16H,8-9,11-12H2,1H3/t16-/m1/s1. The zero-order chi connectivity index (χ0) is 16.9. The van der Waals surface area contributed by atoms with Crippen LogP contribution in [0.2, 0.25) is 5.28 Å². The number of likely N-dealkylation sites (tertiary alicyclic amines) is 1. The summed E-state index contributed by atoms with van der Waals surface area (Å²) in [6.45, 7) is 1.38. The molecule has 1 aliphatic rings. The molecule has 1 saturated heterocycles. The van der Waals surface area contributed by atoms with Gasteiger partial charge in [0.25, 0.3) is 5.91 Å². The van der Waals surface area contributed by atoms with Gasteiger partial charge in [-0.3, -0.25) is 4.79 Å². The minimum absolute atomic E-state index is 0.0165. The second-order valence-electron chi connectivity index (χ2n) is 5.88. The molecule has 0 aliphatic carbocycles. The van der Waals surface area contributed by atoms with Gasteiger partial charge < -0.3 is 9.64 Å². The van der Waals surface area contributed by atoms with E-state index >= 15 is 0 Å². The smallest absolute Gasteiger partial charge is 0.256 e. The van der Waals surface area contributed by atoms with E-state index in [0.717, 1.165) is 24.1 Å². The number of halogens is 1. The summed E-state index contributed by atoms with van der Waals surface area (Å²) < 4.78 is 5.45. The van der Waals surface area contributed by atoms with Gasteiger partial charge in [0.05, 0.1) is 0 Å². The zero-order valence-electron chi connectivity index (χ0n) is 13.6. The van der Waals surface area contributed by atoms with Crippen molar-refractivity contribution in [2.75, 3.05) is 20.2 Å². The van der Waals surface area contributed by atoms with Crippen molar-refractivity contribution in [3.8, 4) is 0 Å². The molecular weight excluding hydrogens is 326 g/mol. The van der Waals surface area contributed by atoms with E-state index in [-0.39, 0.29) is 11.2 Å². The average molecular weight is 346 g/mol. The molecule has 1 aliphatic heterocycles. The maximum atomic E-state index is 12.8. The molecule has 0 radical (unpaired) electrons. The molecule has 1 aromatic heterocycles. The summed E-state index contributed by atoms with van der Waals surface area (Å²) in [5, 5.41) is 0.273. The number of hydrogen-bond acceptors (Lipinski definition) is 4. The first-order chi connectivity index (χ1) is 11.7. The summed E-state index contributed by atoms with van der Waals surface area (Å²) in [5.74, 6) is 0.329. The van der Waals surface area contributed by atoms with Crippen LogP contribution in [0.15, 0.2) is 42.6 Å². The predicted molar refractivity (Wildman–Crippen MR) is 91.8 cm³/mol. The first-order valence-corrected chi connectivity index (χ1v) is 8.42. The summed E-state index contributed by atoms with van der Waals surface area (Å²) in [5.41, 5.74) is 1.84. The number of hydrogen-bond donors (Lipinski definition) is 0. The number of nitrogens with zero attached hydrogens (tertiary/aromatic N) is 3. The van der Waals surface area contributed by atoms with E-state index in [1.54, 1.807) is 13.3 Å². The number of rotatable bonds is 4. The van der Waals surface area contributed by atoms with Crippen LogP contribution in [0.1, 0.15) is 36.1 Å². The van der Waals surface area contributed by atoms with Crippen molar-refractivity contribution >= 4 is 17.5 Å². The molecule has 0 bridgehead atoms. The SMILES string of the molecule is CO[C@@H](C(=O)N1CCC(c2ccnc(Cl)n2)CC1)c1ccccc1. The van der Waals surface area contributed by atoms with Gasteiger partial charge in [0, 0.05) is 38.0 Å². The van der Waals surface area contributed by atoms with E-state index in [2.05, 4.69) is 9.97 Å². The van der Waals surface area contributed by atoms with Gasteiger partial charge in [0.15, 0.2) is 6.10 Å². The Labute approximate surface area is 146 Å². The fraction of sp³-hybridized carbons (Fsp3) is 0.389. The number of amides is 1. The van der Waals surface area contributed by atoms with E-state index in [9.17, 15) is 4.79 Å². The van der Waals surface area contributed by atoms with Crippen LogP contribution >= 0.6 is 11.6 Å². The van der Waals surface area contributed by atoms with Crippen LogP contribution in [-0.2, 0) is 9.53 Å². The van der Waals surface area contributed by atoms with Gasteiger partial charge in [-0.2, -0.15) is 0 Å². The van der Waals surface area contributed by atoms with Crippen molar-refractivity contribution in [2.45, 2.75) is 24.9 Å². The van der Waals surface area contributed by atoms with Gasteiger partial charge in [-0.15, -0.1) is 0 Å². The van der Waals surface area contributed by atoms with Crippen LogP contribution in [0.25, 0.3) is 0 Å². The van der Waals surface area contributed by atoms with E-state index in [0.29, 0.717) is 19.0 Å². The predicted octanol–water partition coefficient (Wildman–Crippen LogP) is 3.22. The number of methoxy groups -OCH3 is 1. The molecule has 2 heterocycles. The molecule has 2 aromatic rings. The fourth-order valence-corrected chi connectivity index (χ4v) is 3.30. The molecule has 1 amide bonds. The van der Waals surface area contributed by atoms with E-state index in [4.69, 9.17) is 16.3 Å². The van der Waals surface area contributed by atoms with Crippen molar-refractivity contribution < 1.29 is 9.53 Å². The highest BCUT2D eigenvalue weighted by molar-refractivity contribution is 6.28. The summed E-state index contributed by atoms with van der Waals surface area (Å²) in [6, 6.07) is 11.5. The van der Waals surface area contributed by atoms with Crippen molar-refractivity contribution in [1.29, 1.82) is 0 Å². The Morgan fingerprint density at radius 2 is 1.96 bits per heavy atom. The number of benzene rings is 1. The van der Waals surface area contributed by atoms with Crippen LogP contribution in [0, 0.1) is 0 Å². The summed E-state index contributed by atoms with van der Waals surface area (Å²) in [6.07, 6.45) is 2.86. The summed E-state index contributed by atoms with van der Waals surface area (Å²) in [7, 11) is 1.57. The second kappa shape index (κ2) is 7.73. The van der Waals surface area contributed by atoms with Gasteiger partial charge in [-0.05, 0) is 36.1 Å². The average Bonchev–Trinajstić information content (AvgIpc) is 2.63. The van der Waals surface area contributed by atoms with Crippen molar-refractivity contribution in [2.24, 2.45) is 0 Å². The first-order valence-electron chi connectivity index (χ1n) is 8.04. The van der Waals surface area contributed by atoms with Crippen LogP contribution in [0.4, 0.5) is 0 Å². The van der Waals surface area contributed by atoms with Crippen molar-refractivity contribution in [1.82, 2.24) is 14.9 Å². The maximum Gasteiger partial charge on any atom is 0.256 e. The molecule has 0 spiro atoms. The van der Waals surface area contributed by atoms with Crippen LogP contribution in [0.3, 0.4) is 0 Å². The molecule has 0 N–H and O–H groups in total. The molecular formula is C18H20ClN3O2. The molecule has 126 valence electrons. The molecule has 24 heavy (non-hydrogen) atoms. The Morgan fingerprint density at radius 1 is 1.25 bits per heavy atom. The van der Waals surface area contributed by atoms with E-state index in [1.165, 1.54) is 0 Å². The highest BCUT2D eigenvalue weighted by Crippen LogP contribution is 2.29.